The molecule has 1 N–H and O–H groups in total. The van der Waals surface area contributed by atoms with Gasteiger partial charge in [-0.15, -0.1) is 0 Å². The summed E-state index contributed by atoms with van der Waals surface area (Å²) in [5, 5.41) is 0. The van der Waals surface area contributed by atoms with Crippen molar-refractivity contribution in [2.45, 2.75) is 31.7 Å². The molecule has 5 nitrogen and oxygen atoms in total. The van der Waals surface area contributed by atoms with Gasteiger partial charge in [0, 0.05) is 24.3 Å². The number of carbonyl (C=O) groups excluding carboxylic acids is 1. The summed E-state index contributed by atoms with van der Waals surface area (Å²) in [7, 11) is -1.95. The molecule has 0 radical (unpaired) electrons. The van der Waals surface area contributed by atoms with Crippen LogP contribution in [0.2, 0.25) is 0 Å². The number of aryl methyl sites for hydroxylation is 1. The van der Waals surface area contributed by atoms with Crippen LogP contribution >= 0.6 is 0 Å². The molecule has 0 fully saturated rings. The normalized spacial score (nSPS) is 11.4. The first-order valence-electron chi connectivity index (χ1n) is 7.68. The zero-order valence-corrected chi connectivity index (χ0v) is 15.1. The van der Waals surface area contributed by atoms with E-state index in [0.29, 0.717) is 11.3 Å². The summed E-state index contributed by atoms with van der Waals surface area (Å²) in [6.45, 7) is 5.68. The van der Waals surface area contributed by atoms with Crippen molar-refractivity contribution in [3.8, 4) is 0 Å². The molecule has 0 saturated heterocycles. The molecule has 0 saturated carbocycles. The van der Waals surface area contributed by atoms with Crippen LogP contribution in [0.3, 0.4) is 0 Å². The quantitative estimate of drug-likeness (QED) is 0.903. The standard InChI is InChI=1S/C18H22N2O3S/c1-13(2)20(4)18(21)17-12-15(11-10-14(17)3)19-24(22,23)16-8-6-5-7-9-16/h5-13,19H,1-4H3. The lowest BCUT2D eigenvalue weighted by Crippen LogP contribution is -2.33. The summed E-state index contributed by atoms with van der Waals surface area (Å²) in [5.41, 5.74) is 1.65. The molecular weight excluding hydrogens is 324 g/mol. The Kier molecular flexibility index (Phi) is 5.29. The van der Waals surface area contributed by atoms with Crippen molar-refractivity contribution >= 4 is 21.6 Å². The fourth-order valence-electron chi connectivity index (χ4n) is 2.15. The minimum absolute atomic E-state index is 0.0570. The molecule has 2 aromatic rings. The zero-order chi connectivity index (χ0) is 17.9. The van der Waals surface area contributed by atoms with Crippen LogP contribution in [0.15, 0.2) is 53.4 Å². The molecule has 6 heteroatoms. The highest BCUT2D eigenvalue weighted by Gasteiger charge is 2.19. The van der Waals surface area contributed by atoms with Crippen LogP contribution < -0.4 is 4.72 Å². The summed E-state index contributed by atoms with van der Waals surface area (Å²) >= 11 is 0. The minimum atomic E-state index is -3.68. The average molecular weight is 346 g/mol. The van der Waals surface area contributed by atoms with Gasteiger partial charge in [0.15, 0.2) is 0 Å². The number of hydrogen-bond acceptors (Lipinski definition) is 3. The Morgan fingerprint density at radius 1 is 1.08 bits per heavy atom. The summed E-state index contributed by atoms with van der Waals surface area (Å²) in [6, 6.07) is 13.2. The Labute approximate surface area is 143 Å². The van der Waals surface area contributed by atoms with Crippen molar-refractivity contribution < 1.29 is 13.2 Å². The Bertz CT molecular complexity index is 831. The molecule has 24 heavy (non-hydrogen) atoms. The van der Waals surface area contributed by atoms with Crippen molar-refractivity contribution in [3.63, 3.8) is 0 Å². The number of hydrogen-bond donors (Lipinski definition) is 1. The van der Waals surface area contributed by atoms with Crippen molar-refractivity contribution in [2.24, 2.45) is 0 Å². The van der Waals surface area contributed by atoms with Gasteiger partial charge in [-0.25, -0.2) is 8.42 Å². The third-order valence-electron chi connectivity index (χ3n) is 3.87. The smallest absolute Gasteiger partial charge is 0.261 e. The maximum atomic E-state index is 12.5. The second-order valence-corrected chi connectivity index (χ2v) is 7.64. The minimum Gasteiger partial charge on any atom is -0.339 e. The summed E-state index contributed by atoms with van der Waals surface area (Å²) in [6.07, 6.45) is 0. The average Bonchev–Trinajstić information content (AvgIpc) is 2.55. The van der Waals surface area contributed by atoms with E-state index in [2.05, 4.69) is 4.72 Å². The molecule has 128 valence electrons. The Balaban J connectivity index is 2.34. The van der Waals surface area contributed by atoms with Crippen molar-refractivity contribution in [3.05, 3.63) is 59.7 Å². The molecule has 0 spiro atoms. The molecule has 0 aromatic heterocycles. The van der Waals surface area contributed by atoms with E-state index in [4.69, 9.17) is 0 Å². The topological polar surface area (TPSA) is 66.5 Å². The SMILES string of the molecule is Cc1ccc(NS(=O)(=O)c2ccccc2)cc1C(=O)N(C)C(C)C. The maximum absolute atomic E-state index is 12.5. The molecule has 2 rings (SSSR count). The van der Waals surface area contributed by atoms with Gasteiger partial charge in [-0.2, -0.15) is 0 Å². The number of benzene rings is 2. The van der Waals surface area contributed by atoms with Gasteiger partial charge < -0.3 is 4.90 Å². The van der Waals surface area contributed by atoms with Crippen LogP contribution in [0, 0.1) is 6.92 Å². The number of rotatable bonds is 5. The Morgan fingerprint density at radius 3 is 2.29 bits per heavy atom. The molecule has 2 aromatic carbocycles. The summed E-state index contributed by atoms with van der Waals surface area (Å²) in [5.74, 6) is -0.136. The van der Waals surface area contributed by atoms with Crippen LogP contribution in [0.25, 0.3) is 0 Å². The second kappa shape index (κ2) is 7.05. The maximum Gasteiger partial charge on any atom is 0.261 e. The van der Waals surface area contributed by atoms with Crippen molar-refractivity contribution in [2.75, 3.05) is 11.8 Å². The number of nitrogens with zero attached hydrogens (tertiary/aromatic N) is 1. The number of sulfonamides is 1. The first-order valence-corrected chi connectivity index (χ1v) is 9.16. The molecule has 0 aliphatic carbocycles. The van der Waals surface area contributed by atoms with Crippen molar-refractivity contribution in [1.82, 2.24) is 4.90 Å². The molecule has 0 aliphatic heterocycles. The van der Waals surface area contributed by atoms with E-state index in [0.717, 1.165) is 5.56 Å². The second-order valence-electron chi connectivity index (χ2n) is 5.96. The molecule has 1 amide bonds. The number of carbonyl (C=O) groups is 1. The van der Waals surface area contributed by atoms with Gasteiger partial charge in [0.05, 0.1) is 4.90 Å². The monoisotopic (exact) mass is 346 g/mol. The van der Waals surface area contributed by atoms with Crippen LogP contribution in [-0.2, 0) is 10.0 Å². The molecular formula is C18H22N2O3S. The molecule has 0 unspecified atom stereocenters. The lowest BCUT2D eigenvalue weighted by molar-refractivity contribution is 0.0754. The van der Waals surface area contributed by atoms with E-state index in [1.54, 1.807) is 48.3 Å². The van der Waals surface area contributed by atoms with Gasteiger partial charge in [0.2, 0.25) is 0 Å². The van der Waals surface area contributed by atoms with E-state index in [9.17, 15) is 13.2 Å². The number of nitrogens with one attached hydrogen (secondary N) is 1. The third-order valence-corrected chi connectivity index (χ3v) is 5.27. The van der Waals surface area contributed by atoms with E-state index < -0.39 is 10.0 Å². The fraction of sp³-hybridized carbons (Fsp3) is 0.278. The number of amides is 1. The van der Waals surface area contributed by atoms with Gasteiger partial charge in [0.25, 0.3) is 15.9 Å². The zero-order valence-electron chi connectivity index (χ0n) is 14.3. The van der Waals surface area contributed by atoms with Crippen molar-refractivity contribution in [1.29, 1.82) is 0 Å². The van der Waals surface area contributed by atoms with E-state index in [-0.39, 0.29) is 16.8 Å². The van der Waals surface area contributed by atoms with E-state index in [1.165, 1.54) is 12.1 Å². The van der Waals surface area contributed by atoms with Crippen LogP contribution in [-0.4, -0.2) is 32.3 Å². The van der Waals surface area contributed by atoms with Gasteiger partial charge in [-0.3, -0.25) is 9.52 Å². The van der Waals surface area contributed by atoms with Crippen LogP contribution in [0.5, 0.6) is 0 Å². The highest BCUT2D eigenvalue weighted by atomic mass is 32.2. The van der Waals surface area contributed by atoms with E-state index >= 15 is 0 Å². The lowest BCUT2D eigenvalue weighted by atomic mass is 10.1. The van der Waals surface area contributed by atoms with Gasteiger partial charge in [0.1, 0.15) is 0 Å². The predicted molar refractivity (Wildman–Crippen MR) is 95.7 cm³/mol. The first-order chi connectivity index (χ1) is 11.2. The Morgan fingerprint density at radius 2 is 1.71 bits per heavy atom. The molecule has 0 atom stereocenters. The van der Waals surface area contributed by atoms with Crippen LogP contribution in [0.4, 0.5) is 5.69 Å². The molecule has 0 heterocycles. The van der Waals surface area contributed by atoms with Crippen LogP contribution in [0.1, 0.15) is 29.8 Å². The highest BCUT2D eigenvalue weighted by molar-refractivity contribution is 7.92. The third kappa shape index (κ3) is 3.94. The van der Waals surface area contributed by atoms with Gasteiger partial charge in [-0.1, -0.05) is 24.3 Å². The number of anilines is 1. The Hall–Kier alpha value is -2.34. The fourth-order valence-corrected chi connectivity index (χ4v) is 3.22. The van der Waals surface area contributed by atoms with Gasteiger partial charge in [-0.05, 0) is 50.6 Å². The lowest BCUT2D eigenvalue weighted by Gasteiger charge is -2.22. The largest absolute Gasteiger partial charge is 0.339 e. The first kappa shape index (κ1) is 18.0. The van der Waals surface area contributed by atoms with E-state index in [1.807, 2.05) is 20.8 Å². The van der Waals surface area contributed by atoms with Gasteiger partial charge >= 0.3 is 0 Å². The summed E-state index contributed by atoms with van der Waals surface area (Å²) in [4.78, 5) is 14.3. The highest BCUT2D eigenvalue weighted by Crippen LogP contribution is 2.21. The molecule has 0 bridgehead atoms. The summed E-state index contributed by atoms with van der Waals surface area (Å²) < 4.78 is 27.3. The molecule has 0 aliphatic rings. The predicted octanol–water partition coefficient (Wildman–Crippen LogP) is 3.28.